The molecule has 108 valence electrons. The number of sulfonamides is 1. The molecule has 2 rings (SSSR count). The van der Waals surface area contributed by atoms with Gasteiger partial charge in [0.05, 0.1) is 4.90 Å². The molecule has 6 nitrogen and oxygen atoms in total. The average molecular weight is 295 g/mol. The van der Waals surface area contributed by atoms with Crippen molar-refractivity contribution in [1.82, 2.24) is 14.8 Å². The van der Waals surface area contributed by atoms with Gasteiger partial charge in [0.15, 0.2) is 0 Å². The number of benzene rings is 1. The molecule has 1 amide bonds. The first-order valence-corrected chi connectivity index (χ1v) is 7.79. The molecule has 1 aromatic carbocycles. The van der Waals surface area contributed by atoms with Gasteiger partial charge in [-0.2, -0.15) is 0 Å². The van der Waals surface area contributed by atoms with Crippen LogP contribution < -0.4 is 4.83 Å². The number of aromatic amines is 1. The topological polar surface area (TPSA) is 82.3 Å². The van der Waals surface area contributed by atoms with Gasteiger partial charge in [-0.1, -0.05) is 13.0 Å². The van der Waals surface area contributed by atoms with Crippen molar-refractivity contribution < 1.29 is 13.2 Å². The molecule has 2 aromatic rings. The van der Waals surface area contributed by atoms with Gasteiger partial charge < -0.3 is 4.98 Å². The van der Waals surface area contributed by atoms with Crippen LogP contribution in [0.1, 0.15) is 19.8 Å². The molecule has 0 unspecified atom stereocenters. The molecule has 0 spiro atoms. The summed E-state index contributed by atoms with van der Waals surface area (Å²) in [5.74, 6) is -0.266. The van der Waals surface area contributed by atoms with E-state index in [-0.39, 0.29) is 10.8 Å². The van der Waals surface area contributed by atoms with E-state index in [0.29, 0.717) is 18.2 Å². The number of fused-ring (bicyclic) bond motifs is 1. The van der Waals surface area contributed by atoms with Gasteiger partial charge in [-0.25, -0.2) is 8.42 Å². The summed E-state index contributed by atoms with van der Waals surface area (Å²) in [5, 5.41) is 1.61. The monoisotopic (exact) mass is 295 g/mol. The maximum atomic E-state index is 12.3. The van der Waals surface area contributed by atoms with Crippen LogP contribution in [0, 0.1) is 0 Å². The Morgan fingerprint density at radius 3 is 2.80 bits per heavy atom. The average Bonchev–Trinajstić information content (AvgIpc) is 2.86. The van der Waals surface area contributed by atoms with Crippen molar-refractivity contribution in [2.75, 3.05) is 7.05 Å². The van der Waals surface area contributed by atoms with E-state index in [0.717, 1.165) is 10.5 Å². The molecule has 2 N–H and O–H groups in total. The van der Waals surface area contributed by atoms with Crippen LogP contribution in [0.2, 0.25) is 0 Å². The summed E-state index contributed by atoms with van der Waals surface area (Å²) < 4.78 is 24.7. The standard InChI is InChI=1S/C13H17N3O3S/c1-3-5-13(17)16(2)15-20(18,19)12-7-4-6-11-10(12)8-9-14-11/h4,6-9,14-15H,3,5H2,1-2H3. The lowest BCUT2D eigenvalue weighted by molar-refractivity contribution is -0.131. The molecule has 0 atom stereocenters. The van der Waals surface area contributed by atoms with E-state index < -0.39 is 10.0 Å². The Balaban J connectivity index is 2.31. The fourth-order valence-electron chi connectivity index (χ4n) is 1.95. The summed E-state index contributed by atoms with van der Waals surface area (Å²) in [6.45, 7) is 1.86. The van der Waals surface area contributed by atoms with Gasteiger partial charge in [-0.05, 0) is 24.6 Å². The van der Waals surface area contributed by atoms with E-state index in [2.05, 4.69) is 9.82 Å². The first-order valence-electron chi connectivity index (χ1n) is 6.31. The van der Waals surface area contributed by atoms with E-state index in [1.165, 1.54) is 13.1 Å². The SMILES string of the molecule is CCCC(=O)N(C)NS(=O)(=O)c1cccc2[nH]ccc12. The van der Waals surface area contributed by atoms with Crippen LogP contribution in [0.15, 0.2) is 35.4 Å². The molecule has 1 heterocycles. The number of hydrogen-bond donors (Lipinski definition) is 2. The van der Waals surface area contributed by atoms with Gasteiger partial charge in [0.25, 0.3) is 10.0 Å². The molecule has 0 saturated heterocycles. The van der Waals surface area contributed by atoms with Crippen molar-refractivity contribution in [3.63, 3.8) is 0 Å². The second kappa shape index (κ2) is 5.64. The number of rotatable bonds is 5. The van der Waals surface area contributed by atoms with E-state index in [4.69, 9.17) is 0 Å². The van der Waals surface area contributed by atoms with Crippen LogP contribution in [0.3, 0.4) is 0 Å². The smallest absolute Gasteiger partial charge is 0.258 e. The van der Waals surface area contributed by atoms with Crippen LogP contribution in [-0.4, -0.2) is 31.4 Å². The summed E-state index contributed by atoms with van der Waals surface area (Å²) in [6.07, 6.45) is 2.64. The van der Waals surface area contributed by atoms with E-state index in [1.807, 2.05) is 6.92 Å². The Hall–Kier alpha value is -1.86. The van der Waals surface area contributed by atoms with Gasteiger partial charge in [0.2, 0.25) is 5.91 Å². The summed E-state index contributed by atoms with van der Waals surface area (Å²) >= 11 is 0. The normalized spacial score (nSPS) is 11.7. The molecule has 0 bridgehead atoms. The Morgan fingerprint density at radius 2 is 2.10 bits per heavy atom. The first-order chi connectivity index (χ1) is 9.45. The lowest BCUT2D eigenvalue weighted by Crippen LogP contribution is -2.43. The highest BCUT2D eigenvalue weighted by atomic mass is 32.2. The summed E-state index contributed by atoms with van der Waals surface area (Å²) in [6, 6.07) is 6.65. The lowest BCUT2D eigenvalue weighted by atomic mass is 10.2. The molecule has 0 aliphatic carbocycles. The Morgan fingerprint density at radius 1 is 1.35 bits per heavy atom. The predicted octanol–water partition coefficient (Wildman–Crippen LogP) is 1.62. The Labute approximate surface area is 117 Å². The van der Waals surface area contributed by atoms with Crippen molar-refractivity contribution >= 4 is 26.8 Å². The zero-order valence-electron chi connectivity index (χ0n) is 11.4. The van der Waals surface area contributed by atoms with E-state index >= 15 is 0 Å². The largest absolute Gasteiger partial charge is 0.361 e. The first kappa shape index (κ1) is 14.5. The molecule has 0 aliphatic rings. The van der Waals surface area contributed by atoms with Crippen LogP contribution in [0.5, 0.6) is 0 Å². The zero-order valence-corrected chi connectivity index (χ0v) is 12.2. The molecular weight excluding hydrogens is 278 g/mol. The third-order valence-electron chi connectivity index (χ3n) is 2.94. The lowest BCUT2D eigenvalue weighted by Gasteiger charge is -2.18. The molecule has 20 heavy (non-hydrogen) atoms. The fourth-order valence-corrected chi connectivity index (χ4v) is 3.24. The zero-order chi connectivity index (χ0) is 14.8. The van der Waals surface area contributed by atoms with Crippen LogP contribution in [-0.2, 0) is 14.8 Å². The van der Waals surface area contributed by atoms with Crippen molar-refractivity contribution in [3.05, 3.63) is 30.5 Å². The van der Waals surface area contributed by atoms with Crippen molar-refractivity contribution in [2.24, 2.45) is 0 Å². The number of amides is 1. The number of carbonyl (C=O) groups is 1. The molecule has 0 aliphatic heterocycles. The van der Waals surface area contributed by atoms with E-state index in [1.54, 1.807) is 24.4 Å². The number of hydrazine groups is 1. The van der Waals surface area contributed by atoms with Crippen LogP contribution >= 0.6 is 0 Å². The maximum absolute atomic E-state index is 12.3. The van der Waals surface area contributed by atoms with Crippen LogP contribution in [0.4, 0.5) is 0 Å². The van der Waals surface area contributed by atoms with Gasteiger partial charge in [-0.15, -0.1) is 4.83 Å². The third kappa shape index (κ3) is 2.83. The molecule has 0 saturated carbocycles. The number of hydrogen-bond acceptors (Lipinski definition) is 3. The highest BCUT2D eigenvalue weighted by molar-refractivity contribution is 7.89. The highest BCUT2D eigenvalue weighted by Crippen LogP contribution is 2.21. The Bertz CT molecular complexity index is 721. The minimum atomic E-state index is -3.78. The molecule has 1 aromatic heterocycles. The number of aromatic nitrogens is 1. The summed E-state index contributed by atoms with van der Waals surface area (Å²) in [7, 11) is -2.37. The molecule has 7 heteroatoms. The fraction of sp³-hybridized carbons (Fsp3) is 0.308. The second-order valence-electron chi connectivity index (χ2n) is 4.49. The van der Waals surface area contributed by atoms with E-state index in [9.17, 15) is 13.2 Å². The summed E-state index contributed by atoms with van der Waals surface area (Å²) in [4.78, 5) is 17.0. The predicted molar refractivity (Wildman–Crippen MR) is 76.3 cm³/mol. The molecule has 0 radical (unpaired) electrons. The van der Waals surface area contributed by atoms with Gasteiger partial charge in [-0.3, -0.25) is 9.80 Å². The molecular formula is C13H17N3O3S. The minimum absolute atomic E-state index is 0.146. The number of carbonyl (C=O) groups excluding carboxylic acids is 1. The van der Waals surface area contributed by atoms with Gasteiger partial charge >= 0.3 is 0 Å². The van der Waals surface area contributed by atoms with Gasteiger partial charge in [0, 0.05) is 30.6 Å². The minimum Gasteiger partial charge on any atom is -0.361 e. The van der Waals surface area contributed by atoms with Crippen molar-refractivity contribution in [1.29, 1.82) is 0 Å². The highest BCUT2D eigenvalue weighted by Gasteiger charge is 2.21. The van der Waals surface area contributed by atoms with Crippen molar-refractivity contribution in [2.45, 2.75) is 24.7 Å². The number of nitrogens with zero attached hydrogens (tertiary/aromatic N) is 1. The van der Waals surface area contributed by atoms with Gasteiger partial charge in [0.1, 0.15) is 0 Å². The second-order valence-corrected chi connectivity index (χ2v) is 6.12. The Kier molecular flexibility index (Phi) is 4.10. The number of nitrogens with one attached hydrogen (secondary N) is 2. The maximum Gasteiger partial charge on any atom is 0.258 e. The number of H-pyrrole nitrogens is 1. The van der Waals surface area contributed by atoms with Crippen LogP contribution in [0.25, 0.3) is 10.9 Å². The molecule has 0 fully saturated rings. The third-order valence-corrected chi connectivity index (χ3v) is 4.39. The summed E-state index contributed by atoms with van der Waals surface area (Å²) in [5.41, 5.74) is 0.732. The van der Waals surface area contributed by atoms with Crippen molar-refractivity contribution in [3.8, 4) is 0 Å². The quantitative estimate of drug-likeness (QED) is 0.822.